The van der Waals surface area contributed by atoms with E-state index in [0.717, 1.165) is 11.6 Å². The molecule has 1 aliphatic carbocycles. The highest BCUT2D eigenvalue weighted by atomic mass is 16.5. The third-order valence-electron chi connectivity index (χ3n) is 1.74. The minimum Gasteiger partial charge on any atom is -0.431 e. The van der Waals surface area contributed by atoms with E-state index in [1.807, 2.05) is 0 Å². The van der Waals surface area contributed by atoms with Crippen LogP contribution in [0, 0.1) is 0 Å². The van der Waals surface area contributed by atoms with Gasteiger partial charge in [-0.1, -0.05) is 12.7 Å². The molecule has 4 nitrogen and oxygen atoms in total. The van der Waals surface area contributed by atoms with Crippen LogP contribution >= 0.6 is 0 Å². The Labute approximate surface area is 82.2 Å². The number of carbonyl (C=O) groups excluding carboxylic acids is 1. The van der Waals surface area contributed by atoms with Gasteiger partial charge in [0.2, 0.25) is 0 Å². The highest BCUT2D eigenvalue weighted by molar-refractivity contribution is 5.81. The summed E-state index contributed by atoms with van der Waals surface area (Å²) in [6.07, 6.45) is 6.36. The first-order chi connectivity index (χ1) is 6.63. The Morgan fingerprint density at radius 3 is 2.79 bits per heavy atom. The van der Waals surface area contributed by atoms with E-state index in [-0.39, 0.29) is 0 Å². The molecule has 14 heavy (non-hydrogen) atoms. The molecule has 0 aromatic heterocycles. The Morgan fingerprint density at radius 1 is 1.50 bits per heavy atom. The van der Waals surface area contributed by atoms with Crippen molar-refractivity contribution >= 4 is 5.97 Å². The summed E-state index contributed by atoms with van der Waals surface area (Å²) in [5.41, 5.74) is 13.1. The van der Waals surface area contributed by atoms with Gasteiger partial charge in [0.15, 0.2) is 0 Å². The molecule has 1 aliphatic rings. The summed E-state index contributed by atoms with van der Waals surface area (Å²) in [6.45, 7) is 3.28. The van der Waals surface area contributed by atoms with E-state index in [1.165, 1.54) is 6.26 Å². The van der Waals surface area contributed by atoms with Crippen molar-refractivity contribution in [2.75, 3.05) is 0 Å². The number of nitrogens with two attached hydrogens (primary N) is 2. The third kappa shape index (κ3) is 2.52. The monoisotopic (exact) mass is 192 g/mol. The smallest absolute Gasteiger partial charge is 0.334 e. The Balaban J connectivity index is 2.62. The zero-order valence-corrected chi connectivity index (χ0v) is 7.69. The van der Waals surface area contributed by atoms with Crippen molar-refractivity contribution in [1.29, 1.82) is 0 Å². The maximum atomic E-state index is 10.7. The van der Waals surface area contributed by atoms with Crippen LogP contribution in [0.15, 0.2) is 48.0 Å². The van der Waals surface area contributed by atoms with Crippen molar-refractivity contribution in [3.8, 4) is 0 Å². The fourth-order valence-electron chi connectivity index (χ4n) is 0.948. The van der Waals surface area contributed by atoms with E-state index in [4.69, 9.17) is 16.2 Å². The molecule has 0 saturated carbocycles. The Morgan fingerprint density at radius 2 is 2.21 bits per heavy atom. The lowest BCUT2D eigenvalue weighted by Crippen LogP contribution is -2.11. The van der Waals surface area contributed by atoms with E-state index in [2.05, 4.69) is 6.58 Å². The van der Waals surface area contributed by atoms with Gasteiger partial charge < -0.3 is 16.2 Å². The van der Waals surface area contributed by atoms with Crippen molar-refractivity contribution in [3.05, 3.63) is 48.0 Å². The molecule has 0 amide bonds. The van der Waals surface area contributed by atoms with Gasteiger partial charge in [0.1, 0.15) is 0 Å². The normalized spacial score (nSPS) is 18.4. The SMILES string of the molecule is C=CC(=O)OC=C1C=CC(N)=C(N)C1. The van der Waals surface area contributed by atoms with E-state index >= 15 is 0 Å². The summed E-state index contributed by atoms with van der Waals surface area (Å²) in [5, 5.41) is 0. The van der Waals surface area contributed by atoms with Crippen LogP contribution in [0.3, 0.4) is 0 Å². The Kier molecular flexibility index (Phi) is 3.12. The first-order valence-corrected chi connectivity index (χ1v) is 4.07. The van der Waals surface area contributed by atoms with Gasteiger partial charge in [0.25, 0.3) is 0 Å². The zero-order chi connectivity index (χ0) is 10.6. The standard InChI is InChI=1S/C10H12N2O2/c1-2-10(13)14-6-7-3-4-8(11)9(12)5-7/h2-4,6H,1,5,11-12H2. The van der Waals surface area contributed by atoms with Crippen molar-refractivity contribution in [1.82, 2.24) is 0 Å². The molecule has 0 radical (unpaired) electrons. The Bertz CT molecular complexity index is 351. The minimum atomic E-state index is -0.494. The molecule has 0 bridgehead atoms. The lowest BCUT2D eigenvalue weighted by molar-refractivity contribution is -0.132. The summed E-state index contributed by atoms with van der Waals surface area (Å²) in [6, 6.07) is 0. The van der Waals surface area contributed by atoms with Crippen molar-refractivity contribution in [3.63, 3.8) is 0 Å². The molecular formula is C10H12N2O2. The fraction of sp³-hybridized carbons (Fsp3) is 0.100. The minimum absolute atomic E-state index is 0.493. The average Bonchev–Trinajstić information content (AvgIpc) is 2.19. The van der Waals surface area contributed by atoms with Crippen molar-refractivity contribution < 1.29 is 9.53 Å². The second-order valence-corrected chi connectivity index (χ2v) is 2.82. The van der Waals surface area contributed by atoms with Crippen LogP contribution in [-0.2, 0) is 9.53 Å². The van der Waals surface area contributed by atoms with Gasteiger partial charge in [-0.05, 0) is 11.6 Å². The molecule has 4 heteroatoms. The molecule has 1 rings (SSSR count). The van der Waals surface area contributed by atoms with Crippen LogP contribution < -0.4 is 11.5 Å². The summed E-state index contributed by atoms with van der Waals surface area (Å²) in [4.78, 5) is 10.7. The van der Waals surface area contributed by atoms with Crippen LogP contribution in [0.1, 0.15) is 6.42 Å². The fourth-order valence-corrected chi connectivity index (χ4v) is 0.948. The largest absolute Gasteiger partial charge is 0.431 e. The average molecular weight is 192 g/mol. The maximum absolute atomic E-state index is 10.7. The zero-order valence-electron chi connectivity index (χ0n) is 7.69. The van der Waals surface area contributed by atoms with E-state index in [1.54, 1.807) is 12.2 Å². The van der Waals surface area contributed by atoms with E-state index in [0.29, 0.717) is 17.8 Å². The Hall–Kier alpha value is -1.97. The van der Waals surface area contributed by atoms with E-state index in [9.17, 15) is 4.79 Å². The first-order valence-electron chi connectivity index (χ1n) is 4.07. The van der Waals surface area contributed by atoms with Gasteiger partial charge in [0.05, 0.1) is 12.0 Å². The summed E-state index contributed by atoms with van der Waals surface area (Å²) >= 11 is 0. The molecule has 0 unspecified atom stereocenters. The van der Waals surface area contributed by atoms with Gasteiger partial charge >= 0.3 is 5.97 Å². The van der Waals surface area contributed by atoms with Gasteiger partial charge in [-0.25, -0.2) is 4.79 Å². The first kappa shape index (κ1) is 10.1. The maximum Gasteiger partial charge on any atom is 0.334 e. The topological polar surface area (TPSA) is 78.3 Å². The molecular weight excluding hydrogens is 180 g/mol. The molecule has 0 aromatic carbocycles. The van der Waals surface area contributed by atoms with Crippen LogP contribution in [0.2, 0.25) is 0 Å². The van der Waals surface area contributed by atoms with Crippen LogP contribution in [0.25, 0.3) is 0 Å². The van der Waals surface area contributed by atoms with Gasteiger partial charge in [-0.3, -0.25) is 0 Å². The van der Waals surface area contributed by atoms with Crippen molar-refractivity contribution in [2.24, 2.45) is 11.5 Å². The predicted octanol–water partition coefficient (Wildman–Crippen LogP) is 0.688. The quantitative estimate of drug-likeness (QED) is 0.383. The molecule has 0 saturated heterocycles. The summed E-state index contributed by atoms with van der Waals surface area (Å²) in [7, 11) is 0. The van der Waals surface area contributed by atoms with Gasteiger partial charge in [0, 0.05) is 18.2 Å². The second-order valence-electron chi connectivity index (χ2n) is 2.82. The highest BCUT2D eigenvalue weighted by Crippen LogP contribution is 2.16. The summed E-state index contributed by atoms with van der Waals surface area (Å²) in [5.74, 6) is -0.494. The van der Waals surface area contributed by atoms with Crippen LogP contribution in [-0.4, -0.2) is 5.97 Å². The molecule has 0 heterocycles. The van der Waals surface area contributed by atoms with Crippen molar-refractivity contribution in [2.45, 2.75) is 6.42 Å². The number of ether oxygens (including phenoxy) is 1. The number of hydrogen-bond acceptors (Lipinski definition) is 4. The molecule has 0 spiro atoms. The second kappa shape index (κ2) is 4.32. The summed E-state index contributed by atoms with van der Waals surface area (Å²) < 4.78 is 4.72. The number of esters is 1. The van der Waals surface area contributed by atoms with Crippen LogP contribution in [0.4, 0.5) is 0 Å². The van der Waals surface area contributed by atoms with E-state index < -0.39 is 5.97 Å². The van der Waals surface area contributed by atoms with Crippen LogP contribution in [0.5, 0.6) is 0 Å². The molecule has 4 N–H and O–H groups in total. The van der Waals surface area contributed by atoms with Gasteiger partial charge in [-0.15, -0.1) is 0 Å². The number of rotatable bonds is 2. The number of carbonyl (C=O) groups is 1. The number of hydrogen-bond donors (Lipinski definition) is 2. The molecule has 0 aliphatic heterocycles. The highest BCUT2D eigenvalue weighted by Gasteiger charge is 2.06. The number of allylic oxidation sites excluding steroid dienone is 3. The molecule has 0 fully saturated rings. The van der Waals surface area contributed by atoms with Gasteiger partial charge in [-0.2, -0.15) is 0 Å². The molecule has 0 aromatic rings. The third-order valence-corrected chi connectivity index (χ3v) is 1.74. The molecule has 0 atom stereocenters. The lowest BCUT2D eigenvalue weighted by atomic mass is 10.0. The molecule has 74 valence electrons. The predicted molar refractivity (Wildman–Crippen MR) is 53.5 cm³/mol. The lowest BCUT2D eigenvalue weighted by Gasteiger charge is -2.10.